The topological polar surface area (TPSA) is 80.7 Å². The number of Topliss-reactive ketones (excluding diaryl/α,β-unsaturated/α-hetero) is 1. The zero-order chi connectivity index (χ0) is 29.7. The molecule has 0 saturated heterocycles. The quantitative estimate of drug-likeness (QED) is 0.218. The summed E-state index contributed by atoms with van der Waals surface area (Å²) in [5.74, 6) is -0.125. The summed E-state index contributed by atoms with van der Waals surface area (Å²) < 4.78 is 6.13. The highest BCUT2D eigenvalue weighted by Crippen LogP contribution is 2.75. The van der Waals surface area contributed by atoms with Crippen LogP contribution in [0, 0.1) is 50.2 Å². The molecule has 0 heterocycles. The van der Waals surface area contributed by atoms with Crippen molar-refractivity contribution in [2.45, 2.75) is 126 Å². The van der Waals surface area contributed by atoms with Crippen LogP contribution in [-0.2, 0) is 19.1 Å². The van der Waals surface area contributed by atoms with Crippen molar-refractivity contribution in [1.82, 2.24) is 0 Å². The molecular weight excluding hydrogens is 500 g/mol. The molecule has 5 rings (SSSR count). The first-order valence-corrected chi connectivity index (χ1v) is 15.7. The van der Waals surface area contributed by atoms with Gasteiger partial charge in [-0.15, -0.1) is 0 Å². The van der Waals surface area contributed by atoms with Gasteiger partial charge in [-0.3, -0.25) is 9.59 Å². The van der Waals surface area contributed by atoms with Gasteiger partial charge in [-0.2, -0.15) is 0 Å². The van der Waals surface area contributed by atoms with Gasteiger partial charge in [0.05, 0.1) is 0 Å². The maximum Gasteiger partial charge on any atom is 0.333 e. The van der Waals surface area contributed by atoms with Gasteiger partial charge in [-0.25, -0.2) is 4.79 Å². The lowest BCUT2D eigenvalue weighted by Crippen LogP contribution is -2.66. The summed E-state index contributed by atoms with van der Waals surface area (Å²) >= 11 is 0. The van der Waals surface area contributed by atoms with Crippen LogP contribution >= 0.6 is 0 Å². The summed E-state index contributed by atoms with van der Waals surface area (Å²) in [6.45, 7) is 19.7. The van der Waals surface area contributed by atoms with Gasteiger partial charge < -0.3 is 9.84 Å². The largest absolute Gasteiger partial charge is 0.481 e. The number of hydrogen-bond acceptors (Lipinski definition) is 4. The second-order valence-electron chi connectivity index (χ2n) is 16.3. The Kier molecular flexibility index (Phi) is 6.69. The highest BCUT2D eigenvalue weighted by atomic mass is 16.5. The van der Waals surface area contributed by atoms with Gasteiger partial charge in [0.15, 0.2) is 0 Å². The second-order valence-corrected chi connectivity index (χ2v) is 16.3. The lowest BCUT2D eigenvalue weighted by atomic mass is 9.33. The molecule has 1 N–H and O–H groups in total. The Morgan fingerprint density at radius 3 is 2.27 bits per heavy atom. The zero-order valence-electron chi connectivity index (χ0n) is 26.4. The molecule has 0 bridgehead atoms. The van der Waals surface area contributed by atoms with Crippen molar-refractivity contribution in [2.24, 2.45) is 50.2 Å². The summed E-state index contributed by atoms with van der Waals surface area (Å²) in [4.78, 5) is 39.4. The van der Waals surface area contributed by atoms with Crippen LogP contribution in [0.5, 0.6) is 0 Å². The number of rotatable bonds is 3. The van der Waals surface area contributed by atoms with Crippen molar-refractivity contribution in [1.29, 1.82) is 0 Å². The number of hydrogen-bond donors (Lipinski definition) is 1. The predicted molar refractivity (Wildman–Crippen MR) is 156 cm³/mol. The van der Waals surface area contributed by atoms with Crippen LogP contribution in [0.3, 0.4) is 0 Å². The molecule has 0 aromatic rings. The van der Waals surface area contributed by atoms with E-state index in [4.69, 9.17) is 4.74 Å². The molecule has 0 aromatic carbocycles. The number of carbonyl (C=O) groups is 3. The fourth-order valence-corrected chi connectivity index (χ4v) is 11.1. The molecule has 0 aliphatic heterocycles. The lowest BCUT2D eigenvalue weighted by molar-refractivity contribution is -0.206. The first kappa shape index (κ1) is 29.6. The maximum atomic E-state index is 13.4. The number of fused-ring (bicyclic) bond motifs is 7. The van der Waals surface area contributed by atoms with Gasteiger partial charge in [-0.05, 0) is 98.7 Å². The Hall–Kier alpha value is -1.91. The second kappa shape index (κ2) is 9.04. The van der Waals surface area contributed by atoms with Crippen molar-refractivity contribution in [2.75, 3.05) is 0 Å². The predicted octanol–water partition coefficient (Wildman–Crippen LogP) is 7.93. The third kappa shape index (κ3) is 3.73. The molecule has 4 fully saturated rings. The van der Waals surface area contributed by atoms with E-state index >= 15 is 0 Å². The van der Waals surface area contributed by atoms with E-state index < -0.39 is 23.5 Å². The van der Waals surface area contributed by atoms with E-state index in [1.54, 1.807) is 13.0 Å². The minimum absolute atomic E-state index is 0.0266. The average molecular weight is 553 g/mol. The molecule has 8 atom stereocenters. The van der Waals surface area contributed by atoms with Crippen LogP contribution in [0.1, 0.15) is 120 Å². The van der Waals surface area contributed by atoms with Gasteiger partial charge in [0, 0.05) is 23.3 Å². The fourth-order valence-electron chi connectivity index (χ4n) is 11.1. The fraction of sp³-hybridized carbons (Fsp3) is 0.800. The molecule has 0 spiro atoms. The van der Waals surface area contributed by atoms with Gasteiger partial charge in [0.2, 0.25) is 0 Å². The van der Waals surface area contributed by atoms with Crippen LogP contribution in [0.2, 0.25) is 0 Å². The number of carboxylic acid groups (broad SMARTS) is 1. The van der Waals surface area contributed by atoms with Gasteiger partial charge in [-0.1, -0.05) is 66.2 Å². The van der Waals surface area contributed by atoms with Gasteiger partial charge in [0.25, 0.3) is 0 Å². The van der Waals surface area contributed by atoms with Crippen molar-refractivity contribution in [3.63, 3.8) is 0 Å². The monoisotopic (exact) mass is 552 g/mol. The van der Waals surface area contributed by atoms with Gasteiger partial charge >= 0.3 is 11.9 Å². The van der Waals surface area contributed by atoms with Crippen LogP contribution in [-0.4, -0.2) is 28.9 Å². The smallest absolute Gasteiger partial charge is 0.333 e. The summed E-state index contributed by atoms with van der Waals surface area (Å²) in [5, 5.41) is 11.0. The van der Waals surface area contributed by atoms with E-state index in [0.29, 0.717) is 42.5 Å². The number of allylic oxidation sites excluding steroid dienone is 3. The van der Waals surface area contributed by atoms with Crippen LogP contribution in [0.4, 0.5) is 0 Å². The standard InChI is InChI=1S/C35H52O5/c1-10-21(2)28(37)40-27-20-30(3,4)19-23-22-11-12-25-32(7)15-14-26(36)31(5,6)24(32)13-16-34(25,9)33(22,8)17-18-35(23,27)29(38)39/h10-11,23-25,27H,12-20H2,1-9H3,(H,38,39)/b21-10+/t23-,24-,25-,27+,32-,33+,34-,35+/m0/s1. The molecule has 5 nitrogen and oxygen atoms in total. The number of ketones is 1. The molecule has 222 valence electrons. The first-order chi connectivity index (χ1) is 18.4. The minimum Gasteiger partial charge on any atom is -0.481 e. The molecule has 0 aromatic heterocycles. The number of esters is 1. The summed E-state index contributed by atoms with van der Waals surface area (Å²) in [6, 6.07) is 0. The third-order valence-corrected chi connectivity index (χ3v) is 13.8. The molecule has 5 aliphatic carbocycles. The van der Waals surface area contributed by atoms with E-state index in [1.807, 2.05) is 6.92 Å². The third-order valence-electron chi connectivity index (χ3n) is 13.8. The van der Waals surface area contributed by atoms with Crippen LogP contribution < -0.4 is 0 Å². The van der Waals surface area contributed by atoms with Gasteiger partial charge in [0.1, 0.15) is 17.3 Å². The SMILES string of the molecule is C/C=C(\C)C(=O)O[C@@H]1CC(C)(C)C[C@H]2C3=CC[C@H]4[C@@]5(C)CCC(=O)C(C)(C)[C@@H]5CC[C@]4(C)[C@]3(C)CC[C@]12C(=O)O. The number of carboxylic acids is 1. The van der Waals surface area contributed by atoms with Crippen molar-refractivity contribution in [3.8, 4) is 0 Å². The molecule has 40 heavy (non-hydrogen) atoms. The molecular formula is C35H52O5. The Morgan fingerprint density at radius 1 is 0.975 bits per heavy atom. The van der Waals surface area contributed by atoms with E-state index in [9.17, 15) is 19.5 Å². The van der Waals surface area contributed by atoms with Crippen molar-refractivity contribution >= 4 is 17.7 Å². The summed E-state index contributed by atoms with van der Waals surface area (Å²) in [7, 11) is 0. The van der Waals surface area contributed by atoms with Crippen molar-refractivity contribution in [3.05, 3.63) is 23.3 Å². The van der Waals surface area contributed by atoms with Crippen LogP contribution in [0.25, 0.3) is 0 Å². The molecule has 0 radical (unpaired) electrons. The summed E-state index contributed by atoms with van der Waals surface area (Å²) in [5.41, 5.74) is 0.279. The molecule has 0 amide bonds. The van der Waals surface area contributed by atoms with E-state index in [2.05, 4.69) is 54.5 Å². The Labute approximate surface area is 241 Å². The number of ether oxygens (including phenoxy) is 1. The zero-order valence-corrected chi connectivity index (χ0v) is 26.4. The minimum atomic E-state index is -1.10. The number of carbonyl (C=O) groups excluding carboxylic acids is 2. The highest BCUT2D eigenvalue weighted by Gasteiger charge is 2.71. The Bertz CT molecular complexity index is 1190. The van der Waals surface area contributed by atoms with E-state index in [1.165, 1.54) is 5.57 Å². The molecule has 5 aliphatic rings. The maximum absolute atomic E-state index is 13.4. The Balaban J connectivity index is 1.60. The highest BCUT2D eigenvalue weighted by molar-refractivity contribution is 5.88. The normalized spacial score (nSPS) is 45.7. The Morgan fingerprint density at radius 2 is 1.65 bits per heavy atom. The first-order valence-electron chi connectivity index (χ1n) is 15.7. The molecule has 5 heteroatoms. The number of aliphatic carboxylic acids is 1. The summed E-state index contributed by atoms with van der Waals surface area (Å²) in [6.07, 6.45) is 10.9. The lowest BCUT2D eigenvalue weighted by Gasteiger charge is -2.70. The van der Waals surface area contributed by atoms with E-state index in [-0.39, 0.29) is 33.0 Å². The van der Waals surface area contributed by atoms with Crippen molar-refractivity contribution < 1.29 is 24.2 Å². The molecule has 4 saturated carbocycles. The van der Waals surface area contributed by atoms with E-state index in [0.717, 1.165) is 38.5 Å². The molecule has 0 unspecified atom stereocenters. The average Bonchev–Trinajstić information content (AvgIpc) is 2.85. The van der Waals surface area contributed by atoms with Crippen LogP contribution in [0.15, 0.2) is 23.3 Å².